The van der Waals surface area contributed by atoms with Crippen molar-refractivity contribution in [1.29, 1.82) is 0 Å². The number of alkyl halides is 3. The number of nitrogens with zero attached hydrogens (tertiary/aromatic N) is 2. The van der Waals surface area contributed by atoms with Crippen LogP contribution in [0.1, 0.15) is 16.8 Å². The third-order valence-electron chi connectivity index (χ3n) is 2.67. The highest BCUT2D eigenvalue weighted by Gasteiger charge is 2.61. The highest BCUT2D eigenvalue weighted by molar-refractivity contribution is 9.10. The molecule has 19 heavy (non-hydrogen) atoms. The van der Waals surface area contributed by atoms with Gasteiger partial charge in [0.15, 0.2) is 0 Å². The highest BCUT2D eigenvalue weighted by Crippen LogP contribution is 2.39. The van der Waals surface area contributed by atoms with E-state index in [1.807, 2.05) is 0 Å². The maximum Gasteiger partial charge on any atom is 0.438 e. The Balaban J connectivity index is 2.39. The van der Waals surface area contributed by atoms with Gasteiger partial charge >= 0.3 is 6.18 Å². The normalized spacial score (nSPS) is 22.9. The van der Waals surface area contributed by atoms with Crippen LogP contribution in [0.4, 0.5) is 13.2 Å². The zero-order chi connectivity index (χ0) is 14.3. The summed E-state index contributed by atoms with van der Waals surface area (Å²) in [6, 6.07) is 5.98. The standard InChI is InChI=1S/C11H8BrF3N2O2/c12-8-4-2-1-3-7(8)9(18)17-10(19,5-6-16-17)11(13,14)15/h1-4,6,19H,5H2. The van der Waals surface area contributed by atoms with E-state index >= 15 is 0 Å². The number of rotatable bonds is 1. The van der Waals surface area contributed by atoms with E-state index in [1.54, 1.807) is 6.07 Å². The van der Waals surface area contributed by atoms with Crippen LogP contribution >= 0.6 is 15.9 Å². The average Bonchev–Trinajstić information content (AvgIpc) is 2.72. The number of hydrogen-bond acceptors (Lipinski definition) is 3. The molecule has 1 amide bonds. The van der Waals surface area contributed by atoms with Crippen LogP contribution in [0.2, 0.25) is 0 Å². The first-order valence-electron chi connectivity index (χ1n) is 5.18. The molecule has 0 aliphatic carbocycles. The topological polar surface area (TPSA) is 52.9 Å². The van der Waals surface area contributed by atoms with E-state index in [2.05, 4.69) is 21.0 Å². The number of amides is 1. The minimum atomic E-state index is -4.99. The summed E-state index contributed by atoms with van der Waals surface area (Å²) >= 11 is 3.07. The molecule has 1 aliphatic rings. The molecule has 0 aromatic heterocycles. The fourth-order valence-corrected chi connectivity index (χ4v) is 2.09. The maximum atomic E-state index is 12.8. The molecule has 0 fully saturated rings. The van der Waals surface area contributed by atoms with Crippen molar-refractivity contribution in [2.45, 2.75) is 18.3 Å². The Morgan fingerprint density at radius 3 is 2.63 bits per heavy atom. The van der Waals surface area contributed by atoms with Gasteiger partial charge in [0.25, 0.3) is 11.6 Å². The van der Waals surface area contributed by atoms with E-state index < -0.39 is 24.2 Å². The average molecular weight is 337 g/mol. The number of hydrogen-bond donors (Lipinski definition) is 1. The molecule has 1 atom stereocenters. The predicted molar refractivity (Wildman–Crippen MR) is 64.4 cm³/mol. The lowest BCUT2D eigenvalue weighted by Crippen LogP contribution is -2.56. The fourth-order valence-electron chi connectivity index (χ4n) is 1.64. The van der Waals surface area contributed by atoms with Gasteiger partial charge in [-0.3, -0.25) is 4.79 Å². The Hall–Kier alpha value is -1.41. The van der Waals surface area contributed by atoms with Gasteiger partial charge < -0.3 is 5.11 Å². The summed E-state index contributed by atoms with van der Waals surface area (Å²) in [7, 11) is 0. The lowest BCUT2D eigenvalue weighted by atomic mass is 10.1. The largest absolute Gasteiger partial charge is 0.438 e. The highest BCUT2D eigenvalue weighted by atomic mass is 79.9. The molecule has 102 valence electrons. The van der Waals surface area contributed by atoms with E-state index in [0.29, 0.717) is 4.47 Å². The van der Waals surface area contributed by atoms with Crippen LogP contribution in [0.3, 0.4) is 0 Å². The van der Waals surface area contributed by atoms with Crippen molar-refractivity contribution in [3.8, 4) is 0 Å². The van der Waals surface area contributed by atoms with Crippen LogP contribution < -0.4 is 0 Å². The Kier molecular flexibility index (Phi) is 3.40. The Bertz CT molecular complexity index is 547. The van der Waals surface area contributed by atoms with Crippen LogP contribution in [0.15, 0.2) is 33.8 Å². The first-order chi connectivity index (χ1) is 8.77. The number of carbonyl (C=O) groups is 1. The molecule has 1 aromatic rings. The van der Waals surface area contributed by atoms with Crippen molar-refractivity contribution in [2.75, 3.05) is 0 Å². The Morgan fingerprint density at radius 1 is 1.42 bits per heavy atom. The van der Waals surface area contributed by atoms with Crippen molar-refractivity contribution >= 4 is 28.1 Å². The van der Waals surface area contributed by atoms with Crippen LogP contribution in [0.5, 0.6) is 0 Å². The molecule has 0 radical (unpaired) electrons. The molecule has 0 bridgehead atoms. The maximum absolute atomic E-state index is 12.8. The first kappa shape index (κ1) is 14.0. The van der Waals surface area contributed by atoms with Gasteiger partial charge in [0, 0.05) is 17.1 Å². The SMILES string of the molecule is O=C(c1ccccc1Br)N1N=CCC1(O)C(F)(F)F. The number of carbonyl (C=O) groups excluding carboxylic acids is 1. The summed E-state index contributed by atoms with van der Waals surface area (Å²) in [5, 5.41) is 13.1. The summed E-state index contributed by atoms with van der Waals surface area (Å²) < 4.78 is 38.8. The quantitative estimate of drug-likeness (QED) is 0.856. The first-order valence-corrected chi connectivity index (χ1v) is 5.97. The lowest BCUT2D eigenvalue weighted by Gasteiger charge is -2.32. The molecule has 0 saturated carbocycles. The molecule has 1 aliphatic heterocycles. The summed E-state index contributed by atoms with van der Waals surface area (Å²) in [6.07, 6.45) is -4.91. The van der Waals surface area contributed by atoms with E-state index in [9.17, 15) is 23.1 Å². The second-order valence-corrected chi connectivity index (χ2v) is 4.77. The number of aliphatic hydroxyl groups is 1. The van der Waals surface area contributed by atoms with Crippen LogP contribution in [-0.4, -0.2) is 34.1 Å². The predicted octanol–water partition coefficient (Wildman–Crippen LogP) is 2.53. The molecule has 1 aromatic carbocycles. The van der Waals surface area contributed by atoms with E-state index in [-0.39, 0.29) is 10.6 Å². The Labute approximate surface area is 114 Å². The van der Waals surface area contributed by atoms with Gasteiger partial charge in [-0.15, -0.1) is 0 Å². The molecule has 2 rings (SSSR count). The molecule has 1 unspecified atom stereocenters. The number of benzene rings is 1. The van der Waals surface area contributed by atoms with Crippen LogP contribution in [0.25, 0.3) is 0 Å². The minimum Gasteiger partial charge on any atom is -0.362 e. The molecule has 1 N–H and O–H groups in total. The molecular formula is C11H8BrF3N2O2. The summed E-state index contributed by atoms with van der Waals surface area (Å²) in [4.78, 5) is 12.1. The van der Waals surface area contributed by atoms with Gasteiger partial charge in [-0.1, -0.05) is 12.1 Å². The van der Waals surface area contributed by atoms with Crippen molar-refractivity contribution in [3.05, 3.63) is 34.3 Å². The molecule has 0 spiro atoms. The van der Waals surface area contributed by atoms with Crippen LogP contribution in [0, 0.1) is 0 Å². The van der Waals surface area contributed by atoms with Crippen molar-refractivity contribution in [1.82, 2.24) is 5.01 Å². The van der Waals surface area contributed by atoms with Gasteiger partial charge in [0.05, 0.1) is 5.56 Å². The van der Waals surface area contributed by atoms with Crippen molar-refractivity contribution in [2.24, 2.45) is 5.10 Å². The molecule has 4 nitrogen and oxygen atoms in total. The van der Waals surface area contributed by atoms with E-state index in [4.69, 9.17) is 0 Å². The van der Waals surface area contributed by atoms with Gasteiger partial charge in [-0.05, 0) is 28.1 Å². The molecule has 0 saturated heterocycles. The second kappa shape index (κ2) is 4.61. The number of halogens is 4. The van der Waals surface area contributed by atoms with Gasteiger partial charge in [-0.25, -0.2) is 0 Å². The zero-order valence-electron chi connectivity index (χ0n) is 9.36. The third kappa shape index (κ3) is 2.25. The van der Waals surface area contributed by atoms with Gasteiger partial charge in [0.1, 0.15) is 0 Å². The van der Waals surface area contributed by atoms with Gasteiger partial charge in [-0.2, -0.15) is 23.3 Å². The second-order valence-electron chi connectivity index (χ2n) is 3.91. The van der Waals surface area contributed by atoms with Crippen molar-refractivity contribution < 1.29 is 23.1 Å². The summed E-state index contributed by atoms with van der Waals surface area (Å²) in [5.41, 5.74) is -3.30. The third-order valence-corrected chi connectivity index (χ3v) is 3.37. The minimum absolute atomic E-state index is 0.00998. The molecule has 1 heterocycles. The summed E-state index contributed by atoms with van der Waals surface area (Å²) in [6.45, 7) is 0. The smallest absolute Gasteiger partial charge is 0.362 e. The number of hydrazone groups is 1. The summed E-state index contributed by atoms with van der Waals surface area (Å²) in [5.74, 6) is -1.03. The fraction of sp³-hybridized carbons (Fsp3) is 0.273. The van der Waals surface area contributed by atoms with E-state index in [0.717, 1.165) is 6.21 Å². The molecule has 8 heteroatoms. The van der Waals surface area contributed by atoms with Gasteiger partial charge in [0.2, 0.25) is 0 Å². The van der Waals surface area contributed by atoms with Crippen molar-refractivity contribution in [3.63, 3.8) is 0 Å². The van der Waals surface area contributed by atoms with E-state index in [1.165, 1.54) is 18.2 Å². The molecular weight excluding hydrogens is 329 g/mol. The zero-order valence-corrected chi connectivity index (χ0v) is 10.9. The van der Waals surface area contributed by atoms with Crippen LogP contribution in [-0.2, 0) is 0 Å². The lowest BCUT2D eigenvalue weighted by molar-refractivity contribution is -0.297. The Morgan fingerprint density at radius 2 is 2.05 bits per heavy atom. The monoisotopic (exact) mass is 336 g/mol.